The van der Waals surface area contributed by atoms with Crippen LogP contribution in [0.15, 0.2) is 0 Å². The Kier molecular flexibility index (Phi) is 5.50. The average Bonchev–Trinajstić information content (AvgIpc) is 2.64. The van der Waals surface area contributed by atoms with Crippen molar-refractivity contribution < 1.29 is 18.3 Å². The lowest BCUT2D eigenvalue weighted by Gasteiger charge is -2.36. The van der Waals surface area contributed by atoms with Crippen LogP contribution < -0.4 is 0 Å². The Bertz CT molecular complexity index is 242. The highest BCUT2D eigenvalue weighted by Gasteiger charge is 2.40. The SMILES string of the molecule is CC(C)CC1(C(O)CCCC(F)(F)F)CCCC1. The quantitative estimate of drug-likeness (QED) is 0.739. The first-order chi connectivity index (χ1) is 8.25. The summed E-state index contributed by atoms with van der Waals surface area (Å²) in [5.41, 5.74) is -0.111. The molecule has 1 fully saturated rings. The Morgan fingerprint density at radius 1 is 1.17 bits per heavy atom. The average molecular weight is 266 g/mol. The number of rotatable bonds is 6. The highest BCUT2D eigenvalue weighted by atomic mass is 19.4. The van der Waals surface area contributed by atoms with Crippen LogP contribution in [0.3, 0.4) is 0 Å². The van der Waals surface area contributed by atoms with Crippen molar-refractivity contribution in [2.75, 3.05) is 0 Å². The maximum absolute atomic E-state index is 12.1. The Morgan fingerprint density at radius 2 is 1.72 bits per heavy atom. The Morgan fingerprint density at radius 3 is 2.17 bits per heavy atom. The zero-order valence-electron chi connectivity index (χ0n) is 11.4. The van der Waals surface area contributed by atoms with Gasteiger partial charge in [-0.3, -0.25) is 0 Å². The van der Waals surface area contributed by atoms with E-state index in [9.17, 15) is 18.3 Å². The molecule has 4 heteroatoms. The molecule has 0 aromatic rings. The second-order valence-corrected chi connectivity index (χ2v) is 6.19. The lowest BCUT2D eigenvalue weighted by molar-refractivity contribution is -0.137. The molecule has 0 bridgehead atoms. The number of aliphatic hydroxyl groups is 1. The molecule has 1 nitrogen and oxygen atoms in total. The number of hydrogen-bond acceptors (Lipinski definition) is 1. The molecule has 0 aliphatic heterocycles. The van der Waals surface area contributed by atoms with Crippen LogP contribution in [0, 0.1) is 11.3 Å². The van der Waals surface area contributed by atoms with Gasteiger partial charge < -0.3 is 5.11 Å². The van der Waals surface area contributed by atoms with Crippen LogP contribution in [0.2, 0.25) is 0 Å². The molecule has 1 rings (SSSR count). The van der Waals surface area contributed by atoms with Gasteiger partial charge in [0.05, 0.1) is 6.10 Å². The molecule has 0 aromatic carbocycles. The molecule has 108 valence electrons. The molecular formula is C14H25F3O. The van der Waals surface area contributed by atoms with Crippen LogP contribution in [-0.4, -0.2) is 17.4 Å². The third kappa shape index (κ3) is 4.79. The van der Waals surface area contributed by atoms with Crippen LogP contribution >= 0.6 is 0 Å². The highest BCUT2D eigenvalue weighted by molar-refractivity contribution is 4.91. The fourth-order valence-electron chi connectivity index (χ4n) is 3.37. The zero-order chi connectivity index (χ0) is 13.8. The van der Waals surface area contributed by atoms with Crippen LogP contribution in [0.4, 0.5) is 13.2 Å². The largest absolute Gasteiger partial charge is 0.393 e. The summed E-state index contributed by atoms with van der Waals surface area (Å²) in [7, 11) is 0. The fourth-order valence-corrected chi connectivity index (χ4v) is 3.37. The van der Waals surface area contributed by atoms with Crippen molar-refractivity contribution in [2.45, 2.75) is 77.5 Å². The molecule has 1 unspecified atom stereocenters. The lowest BCUT2D eigenvalue weighted by Crippen LogP contribution is -2.34. The maximum Gasteiger partial charge on any atom is 0.389 e. The van der Waals surface area contributed by atoms with Gasteiger partial charge in [-0.2, -0.15) is 13.2 Å². The molecule has 1 atom stereocenters. The standard InChI is InChI=1S/C14H25F3O/c1-11(2)10-13(7-3-4-8-13)12(18)6-5-9-14(15,16)17/h11-12,18H,3-10H2,1-2H3. The van der Waals surface area contributed by atoms with Gasteiger partial charge in [0.25, 0.3) is 0 Å². The second kappa shape index (κ2) is 6.27. The third-order valence-electron chi connectivity index (χ3n) is 4.06. The van der Waals surface area contributed by atoms with E-state index in [1.165, 1.54) is 0 Å². The molecule has 0 aromatic heterocycles. The zero-order valence-corrected chi connectivity index (χ0v) is 11.4. The minimum atomic E-state index is -4.10. The summed E-state index contributed by atoms with van der Waals surface area (Å²) < 4.78 is 36.3. The summed E-state index contributed by atoms with van der Waals surface area (Å²) in [5, 5.41) is 10.3. The van der Waals surface area contributed by atoms with E-state index in [4.69, 9.17) is 0 Å². The van der Waals surface area contributed by atoms with Gasteiger partial charge in [0.2, 0.25) is 0 Å². The van der Waals surface area contributed by atoms with Crippen LogP contribution in [0.1, 0.15) is 65.2 Å². The first-order valence-corrected chi connectivity index (χ1v) is 7.00. The first kappa shape index (κ1) is 15.8. The number of alkyl halides is 3. The van der Waals surface area contributed by atoms with Crippen molar-refractivity contribution in [2.24, 2.45) is 11.3 Å². The van der Waals surface area contributed by atoms with Crippen molar-refractivity contribution >= 4 is 0 Å². The second-order valence-electron chi connectivity index (χ2n) is 6.19. The third-order valence-corrected chi connectivity index (χ3v) is 4.06. The Balaban J connectivity index is 2.47. The van der Waals surface area contributed by atoms with Gasteiger partial charge in [0, 0.05) is 6.42 Å². The van der Waals surface area contributed by atoms with E-state index in [1.807, 2.05) is 0 Å². The molecule has 1 aliphatic rings. The van der Waals surface area contributed by atoms with Crippen molar-refractivity contribution in [1.29, 1.82) is 0 Å². The van der Waals surface area contributed by atoms with Crippen molar-refractivity contribution in [3.05, 3.63) is 0 Å². The number of aliphatic hydroxyl groups excluding tert-OH is 1. The monoisotopic (exact) mass is 266 g/mol. The minimum Gasteiger partial charge on any atom is -0.393 e. The smallest absolute Gasteiger partial charge is 0.389 e. The molecule has 0 saturated heterocycles. The first-order valence-electron chi connectivity index (χ1n) is 7.00. The van der Waals surface area contributed by atoms with E-state index in [0.29, 0.717) is 5.92 Å². The summed E-state index contributed by atoms with van der Waals surface area (Å²) in [6.07, 6.45) is -0.0351. The molecule has 0 amide bonds. The van der Waals surface area contributed by atoms with Crippen molar-refractivity contribution in [3.63, 3.8) is 0 Å². The van der Waals surface area contributed by atoms with E-state index >= 15 is 0 Å². The molecule has 18 heavy (non-hydrogen) atoms. The minimum absolute atomic E-state index is 0.0461. The van der Waals surface area contributed by atoms with E-state index < -0.39 is 18.7 Å². The van der Waals surface area contributed by atoms with E-state index in [2.05, 4.69) is 13.8 Å². The van der Waals surface area contributed by atoms with Gasteiger partial charge in [-0.25, -0.2) is 0 Å². The van der Waals surface area contributed by atoms with Crippen LogP contribution in [0.25, 0.3) is 0 Å². The molecular weight excluding hydrogens is 241 g/mol. The van der Waals surface area contributed by atoms with Gasteiger partial charge >= 0.3 is 6.18 Å². The topological polar surface area (TPSA) is 20.2 Å². The molecule has 1 N–H and O–H groups in total. The van der Waals surface area contributed by atoms with Gasteiger partial charge in [-0.15, -0.1) is 0 Å². The lowest BCUT2D eigenvalue weighted by atomic mass is 9.72. The normalized spacial score (nSPS) is 21.5. The summed E-state index contributed by atoms with van der Waals surface area (Å²) in [5.74, 6) is 0.486. The van der Waals surface area contributed by atoms with Gasteiger partial charge in [0.1, 0.15) is 0 Å². The summed E-state index contributed by atoms with van der Waals surface area (Å²) in [4.78, 5) is 0. The van der Waals surface area contributed by atoms with Gasteiger partial charge in [-0.05, 0) is 43.4 Å². The molecule has 1 aliphatic carbocycles. The summed E-state index contributed by atoms with van der Waals surface area (Å²) in [6, 6.07) is 0. The molecule has 0 spiro atoms. The summed E-state index contributed by atoms with van der Waals surface area (Å²) in [6.45, 7) is 4.23. The fraction of sp³-hybridized carbons (Fsp3) is 1.00. The molecule has 1 saturated carbocycles. The number of halogens is 3. The van der Waals surface area contributed by atoms with Crippen molar-refractivity contribution in [1.82, 2.24) is 0 Å². The Hall–Kier alpha value is -0.250. The Labute approximate surface area is 108 Å². The van der Waals surface area contributed by atoms with Gasteiger partial charge in [-0.1, -0.05) is 26.7 Å². The van der Waals surface area contributed by atoms with E-state index in [-0.39, 0.29) is 18.3 Å². The van der Waals surface area contributed by atoms with Gasteiger partial charge in [0.15, 0.2) is 0 Å². The van der Waals surface area contributed by atoms with Crippen LogP contribution in [-0.2, 0) is 0 Å². The summed E-state index contributed by atoms with van der Waals surface area (Å²) >= 11 is 0. The maximum atomic E-state index is 12.1. The number of hydrogen-bond donors (Lipinski definition) is 1. The predicted octanol–water partition coefficient (Wildman–Crippen LogP) is 4.69. The predicted molar refractivity (Wildman–Crippen MR) is 66.3 cm³/mol. The molecule has 0 heterocycles. The van der Waals surface area contributed by atoms with E-state index in [1.54, 1.807) is 0 Å². The molecule has 0 radical (unpaired) electrons. The van der Waals surface area contributed by atoms with Crippen LogP contribution in [0.5, 0.6) is 0 Å². The van der Waals surface area contributed by atoms with E-state index in [0.717, 1.165) is 32.1 Å². The van der Waals surface area contributed by atoms with Crippen molar-refractivity contribution in [3.8, 4) is 0 Å². The highest BCUT2D eigenvalue weighted by Crippen LogP contribution is 2.47.